The molecule has 0 bridgehead atoms. The van der Waals surface area contributed by atoms with Gasteiger partial charge in [-0.3, -0.25) is 4.99 Å². The van der Waals surface area contributed by atoms with Gasteiger partial charge >= 0.3 is 0 Å². The normalized spacial score (nSPS) is 17.2. The molecule has 1 aliphatic carbocycles. The Morgan fingerprint density at radius 3 is 2.58 bits per heavy atom. The van der Waals surface area contributed by atoms with E-state index in [0.717, 1.165) is 19.0 Å². The second-order valence-electron chi connectivity index (χ2n) is 5.32. The van der Waals surface area contributed by atoms with Gasteiger partial charge in [0.15, 0.2) is 5.96 Å². The van der Waals surface area contributed by atoms with Gasteiger partial charge in [-0.2, -0.15) is 0 Å². The number of aliphatic imine (C=N–C) groups is 1. The average molecular weight is 324 g/mol. The summed E-state index contributed by atoms with van der Waals surface area (Å²) >= 11 is 3.66. The van der Waals surface area contributed by atoms with E-state index in [-0.39, 0.29) is 5.41 Å². The summed E-state index contributed by atoms with van der Waals surface area (Å²) < 4.78 is 1.21. The minimum absolute atomic E-state index is 0.247. The second kappa shape index (κ2) is 5.95. The van der Waals surface area contributed by atoms with E-state index in [4.69, 9.17) is 4.99 Å². The Hall–Kier alpha value is -1.03. The highest BCUT2D eigenvalue weighted by Crippen LogP contribution is 2.50. The van der Waals surface area contributed by atoms with Gasteiger partial charge in [0.25, 0.3) is 0 Å². The molecule has 1 aliphatic rings. The van der Waals surface area contributed by atoms with Crippen LogP contribution in [0.25, 0.3) is 0 Å². The van der Waals surface area contributed by atoms with E-state index >= 15 is 0 Å². The van der Waals surface area contributed by atoms with E-state index in [2.05, 4.69) is 52.4 Å². The van der Waals surface area contributed by atoms with Crippen molar-refractivity contribution >= 4 is 21.9 Å². The third kappa shape index (κ3) is 3.30. The van der Waals surface area contributed by atoms with Gasteiger partial charge in [0.2, 0.25) is 0 Å². The molecule has 1 saturated carbocycles. The number of benzene rings is 1. The van der Waals surface area contributed by atoms with Crippen LogP contribution in [0.3, 0.4) is 0 Å². The summed E-state index contributed by atoms with van der Waals surface area (Å²) in [6, 6.07) is 8.52. The molecule has 0 atom stereocenters. The van der Waals surface area contributed by atoms with Crippen molar-refractivity contribution in [3.05, 3.63) is 34.3 Å². The molecule has 0 unspecified atom stereocenters. The van der Waals surface area contributed by atoms with Gasteiger partial charge in [0.05, 0.1) is 6.54 Å². The summed E-state index contributed by atoms with van der Waals surface area (Å²) in [6.45, 7) is 3.86. The quantitative estimate of drug-likeness (QED) is 0.681. The van der Waals surface area contributed by atoms with Crippen LogP contribution in [0.1, 0.15) is 25.3 Å². The topological polar surface area (TPSA) is 27.6 Å². The summed E-state index contributed by atoms with van der Waals surface area (Å²) in [5, 5.41) is 3.31. The van der Waals surface area contributed by atoms with Crippen molar-refractivity contribution in [1.29, 1.82) is 0 Å². The SMILES string of the molecule is CCNC(=NCC1(c2ccccc2Br)CC1)N(C)C. The summed E-state index contributed by atoms with van der Waals surface area (Å²) in [6.07, 6.45) is 2.46. The fourth-order valence-electron chi connectivity index (χ4n) is 2.29. The van der Waals surface area contributed by atoms with Crippen molar-refractivity contribution in [3.8, 4) is 0 Å². The molecule has 1 aromatic rings. The predicted octanol–water partition coefficient (Wildman–Crippen LogP) is 3.01. The molecule has 0 spiro atoms. The van der Waals surface area contributed by atoms with Gasteiger partial charge in [0.1, 0.15) is 0 Å². The Morgan fingerprint density at radius 2 is 2.05 bits per heavy atom. The van der Waals surface area contributed by atoms with Crippen LogP contribution in [0.2, 0.25) is 0 Å². The van der Waals surface area contributed by atoms with Gasteiger partial charge < -0.3 is 10.2 Å². The summed E-state index contributed by atoms with van der Waals surface area (Å²) in [5.74, 6) is 0.973. The first-order chi connectivity index (χ1) is 9.09. The number of nitrogens with zero attached hydrogens (tertiary/aromatic N) is 2. The molecule has 0 heterocycles. The van der Waals surface area contributed by atoms with Crippen molar-refractivity contribution in [2.24, 2.45) is 4.99 Å². The van der Waals surface area contributed by atoms with E-state index in [1.807, 2.05) is 19.0 Å². The Morgan fingerprint density at radius 1 is 1.37 bits per heavy atom. The second-order valence-corrected chi connectivity index (χ2v) is 6.18. The van der Waals surface area contributed by atoms with Gasteiger partial charge in [0, 0.05) is 30.5 Å². The maximum absolute atomic E-state index is 4.78. The molecule has 0 aromatic heterocycles. The molecule has 3 nitrogen and oxygen atoms in total. The lowest BCUT2D eigenvalue weighted by Gasteiger charge is -2.20. The van der Waals surface area contributed by atoms with E-state index < -0.39 is 0 Å². The Labute approximate surface area is 124 Å². The molecule has 4 heteroatoms. The van der Waals surface area contributed by atoms with Crippen LogP contribution in [-0.4, -0.2) is 38.0 Å². The molecule has 104 valence electrons. The van der Waals surface area contributed by atoms with Crippen molar-refractivity contribution in [2.75, 3.05) is 27.2 Å². The molecule has 1 aromatic carbocycles. The van der Waals surface area contributed by atoms with E-state index in [9.17, 15) is 0 Å². The summed E-state index contributed by atoms with van der Waals surface area (Å²) in [5.41, 5.74) is 1.64. The number of nitrogens with one attached hydrogen (secondary N) is 1. The minimum atomic E-state index is 0.247. The van der Waals surface area contributed by atoms with Crippen LogP contribution in [0.15, 0.2) is 33.7 Å². The van der Waals surface area contributed by atoms with Gasteiger partial charge in [-0.05, 0) is 31.4 Å². The zero-order chi connectivity index (χ0) is 13.9. The van der Waals surface area contributed by atoms with Crippen LogP contribution in [-0.2, 0) is 5.41 Å². The van der Waals surface area contributed by atoms with Gasteiger partial charge in [-0.15, -0.1) is 0 Å². The van der Waals surface area contributed by atoms with Crippen molar-refractivity contribution in [2.45, 2.75) is 25.2 Å². The molecular weight excluding hydrogens is 302 g/mol. The molecule has 1 N–H and O–H groups in total. The van der Waals surface area contributed by atoms with Crippen LogP contribution in [0, 0.1) is 0 Å². The minimum Gasteiger partial charge on any atom is -0.357 e. The number of hydrogen-bond donors (Lipinski definition) is 1. The van der Waals surface area contributed by atoms with Crippen molar-refractivity contribution in [1.82, 2.24) is 10.2 Å². The highest BCUT2D eigenvalue weighted by atomic mass is 79.9. The highest BCUT2D eigenvalue weighted by Gasteiger charge is 2.45. The van der Waals surface area contributed by atoms with E-state index in [0.29, 0.717) is 0 Å². The predicted molar refractivity (Wildman–Crippen MR) is 84.7 cm³/mol. The molecule has 19 heavy (non-hydrogen) atoms. The molecule has 0 aliphatic heterocycles. The fraction of sp³-hybridized carbons (Fsp3) is 0.533. The lowest BCUT2D eigenvalue weighted by molar-refractivity contribution is 0.575. The fourth-order valence-corrected chi connectivity index (χ4v) is 3.00. The van der Waals surface area contributed by atoms with Crippen LogP contribution < -0.4 is 5.32 Å². The molecule has 0 saturated heterocycles. The van der Waals surface area contributed by atoms with Gasteiger partial charge in [-0.25, -0.2) is 0 Å². The number of halogens is 1. The number of guanidine groups is 1. The highest BCUT2D eigenvalue weighted by molar-refractivity contribution is 9.10. The average Bonchev–Trinajstić information content (AvgIpc) is 3.15. The monoisotopic (exact) mass is 323 g/mol. The van der Waals surface area contributed by atoms with Crippen LogP contribution in [0.4, 0.5) is 0 Å². The van der Waals surface area contributed by atoms with Crippen LogP contribution in [0.5, 0.6) is 0 Å². The smallest absolute Gasteiger partial charge is 0.193 e. The zero-order valence-electron chi connectivity index (χ0n) is 11.9. The number of rotatable bonds is 4. The first kappa shape index (κ1) is 14.4. The molecule has 2 rings (SSSR count). The Balaban J connectivity index is 2.14. The van der Waals surface area contributed by atoms with E-state index in [1.165, 1.54) is 22.9 Å². The largest absolute Gasteiger partial charge is 0.357 e. The molecule has 0 radical (unpaired) electrons. The summed E-state index contributed by atoms with van der Waals surface area (Å²) in [7, 11) is 4.05. The molecule has 1 fully saturated rings. The van der Waals surface area contributed by atoms with Crippen LogP contribution >= 0.6 is 15.9 Å². The van der Waals surface area contributed by atoms with Gasteiger partial charge in [-0.1, -0.05) is 34.1 Å². The third-order valence-electron chi connectivity index (χ3n) is 3.59. The standard InChI is InChI=1S/C15H22BrN3/c1-4-17-14(19(2)3)18-11-15(9-10-15)12-7-5-6-8-13(12)16/h5-8H,4,9-11H2,1-3H3,(H,17,18). The Kier molecular flexibility index (Phi) is 4.50. The first-order valence-electron chi connectivity index (χ1n) is 6.80. The molecular formula is C15H22BrN3. The lowest BCUT2D eigenvalue weighted by atomic mass is 9.96. The first-order valence-corrected chi connectivity index (χ1v) is 7.59. The Bertz CT molecular complexity index is 464. The maximum atomic E-state index is 4.78. The van der Waals surface area contributed by atoms with Crippen molar-refractivity contribution in [3.63, 3.8) is 0 Å². The maximum Gasteiger partial charge on any atom is 0.193 e. The molecule has 0 amide bonds. The lowest BCUT2D eigenvalue weighted by Crippen LogP contribution is -2.37. The summed E-state index contributed by atoms with van der Waals surface area (Å²) in [4.78, 5) is 6.82. The van der Waals surface area contributed by atoms with Crippen molar-refractivity contribution < 1.29 is 0 Å². The number of hydrogen-bond acceptors (Lipinski definition) is 1. The third-order valence-corrected chi connectivity index (χ3v) is 4.28. The van der Waals surface area contributed by atoms with E-state index in [1.54, 1.807) is 0 Å². The zero-order valence-corrected chi connectivity index (χ0v) is 13.5.